The largest absolute Gasteiger partial charge is 0.340 e. The molecule has 0 unspecified atom stereocenters. The molecule has 122 valence electrons. The van der Waals surface area contributed by atoms with Gasteiger partial charge in [0, 0.05) is 37.0 Å². The van der Waals surface area contributed by atoms with Gasteiger partial charge in [0.1, 0.15) is 5.82 Å². The second kappa shape index (κ2) is 6.16. The van der Waals surface area contributed by atoms with Crippen LogP contribution in [-0.2, 0) is 0 Å². The molecule has 1 atom stereocenters. The van der Waals surface area contributed by atoms with Gasteiger partial charge in [-0.05, 0) is 44.8 Å². The number of anilines is 3. The molecule has 0 amide bonds. The Balaban J connectivity index is 1.43. The second-order valence-corrected chi connectivity index (χ2v) is 6.51. The van der Waals surface area contributed by atoms with Gasteiger partial charge in [0.2, 0.25) is 5.95 Å². The van der Waals surface area contributed by atoms with Crippen LogP contribution in [0.3, 0.4) is 0 Å². The summed E-state index contributed by atoms with van der Waals surface area (Å²) in [7, 11) is 2.00. The minimum absolute atomic E-state index is 0.674. The quantitative estimate of drug-likeness (QED) is 0.755. The summed E-state index contributed by atoms with van der Waals surface area (Å²) in [4.78, 5) is 11.3. The molecule has 0 radical (unpaired) electrons. The molecule has 1 aliphatic heterocycles. The zero-order valence-electron chi connectivity index (χ0n) is 13.4. The molecular weight excluding hydrogens is 290 g/mol. The number of aromatic nitrogens is 4. The Hall–Kier alpha value is -2.15. The van der Waals surface area contributed by atoms with Crippen molar-refractivity contribution in [2.45, 2.75) is 25.2 Å². The van der Waals surface area contributed by atoms with Crippen molar-refractivity contribution in [2.24, 2.45) is 5.92 Å². The van der Waals surface area contributed by atoms with Crippen molar-refractivity contribution in [1.82, 2.24) is 25.5 Å². The SMILES string of the molecule is CNC[C@H]1CCN(c2nccc(Nc3cc(C4CC4)[nH]n3)n2)C1. The fourth-order valence-electron chi connectivity index (χ4n) is 3.18. The number of nitrogens with one attached hydrogen (secondary N) is 3. The van der Waals surface area contributed by atoms with Gasteiger partial charge in [0.25, 0.3) is 0 Å². The normalized spacial score (nSPS) is 20.9. The van der Waals surface area contributed by atoms with Crippen LogP contribution in [0.25, 0.3) is 0 Å². The van der Waals surface area contributed by atoms with E-state index < -0.39 is 0 Å². The maximum Gasteiger partial charge on any atom is 0.227 e. The third-order valence-electron chi connectivity index (χ3n) is 4.58. The molecular formula is C16H23N7. The number of H-pyrrole nitrogens is 1. The standard InChI is InChI=1S/C16H23N7/c1-17-9-11-5-7-23(10-11)16-18-6-4-14(20-16)19-15-8-13(21-22-15)12-2-3-12/h4,6,8,11-12,17H,2-3,5,7,9-10H2,1H3,(H2,18,19,20,21,22)/t11-/m1/s1. The van der Waals surface area contributed by atoms with Gasteiger partial charge in [0.15, 0.2) is 5.82 Å². The Labute approximate surface area is 135 Å². The number of hydrogen-bond acceptors (Lipinski definition) is 6. The lowest BCUT2D eigenvalue weighted by Crippen LogP contribution is -2.25. The Kier molecular flexibility index (Phi) is 3.87. The summed E-state index contributed by atoms with van der Waals surface area (Å²) in [5, 5.41) is 13.9. The van der Waals surface area contributed by atoms with Crippen molar-refractivity contribution >= 4 is 17.6 Å². The average Bonchev–Trinajstić information content (AvgIpc) is 3.13. The van der Waals surface area contributed by atoms with E-state index >= 15 is 0 Å². The summed E-state index contributed by atoms with van der Waals surface area (Å²) in [6.45, 7) is 3.08. The molecule has 2 fully saturated rings. The Morgan fingerprint density at radius 2 is 2.22 bits per heavy atom. The molecule has 2 aliphatic rings. The Morgan fingerprint density at radius 3 is 3.04 bits per heavy atom. The molecule has 4 rings (SSSR count). The lowest BCUT2D eigenvalue weighted by molar-refractivity contribution is 0.548. The maximum absolute atomic E-state index is 4.64. The third kappa shape index (κ3) is 3.29. The Morgan fingerprint density at radius 1 is 1.30 bits per heavy atom. The minimum atomic E-state index is 0.674. The fourth-order valence-corrected chi connectivity index (χ4v) is 3.18. The fraction of sp³-hybridized carbons (Fsp3) is 0.562. The molecule has 0 aromatic carbocycles. The van der Waals surface area contributed by atoms with Crippen LogP contribution in [0.5, 0.6) is 0 Å². The summed E-state index contributed by atoms with van der Waals surface area (Å²) in [5.41, 5.74) is 1.22. The topological polar surface area (TPSA) is 81.8 Å². The first-order valence-corrected chi connectivity index (χ1v) is 8.37. The highest BCUT2D eigenvalue weighted by Gasteiger charge is 2.26. The predicted octanol–water partition coefficient (Wildman–Crippen LogP) is 1.87. The highest BCUT2D eigenvalue weighted by atomic mass is 15.3. The zero-order chi connectivity index (χ0) is 15.6. The molecule has 3 N–H and O–H groups in total. The number of nitrogens with zero attached hydrogens (tertiary/aromatic N) is 4. The van der Waals surface area contributed by atoms with E-state index in [2.05, 4.69) is 41.8 Å². The van der Waals surface area contributed by atoms with E-state index in [0.29, 0.717) is 11.8 Å². The van der Waals surface area contributed by atoms with Gasteiger partial charge in [0.05, 0.1) is 0 Å². The van der Waals surface area contributed by atoms with Crippen LogP contribution in [0.2, 0.25) is 0 Å². The van der Waals surface area contributed by atoms with Crippen LogP contribution in [0.15, 0.2) is 18.3 Å². The van der Waals surface area contributed by atoms with Crippen LogP contribution >= 0.6 is 0 Å². The van der Waals surface area contributed by atoms with Crippen molar-refractivity contribution in [2.75, 3.05) is 36.9 Å². The lowest BCUT2D eigenvalue weighted by Gasteiger charge is -2.16. The van der Waals surface area contributed by atoms with Gasteiger partial charge in [-0.2, -0.15) is 10.1 Å². The molecule has 1 saturated carbocycles. The molecule has 0 bridgehead atoms. The lowest BCUT2D eigenvalue weighted by atomic mass is 10.1. The van der Waals surface area contributed by atoms with Crippen LogP contribution in [-0.4, -0.2) is 46.8 Å². The van der Waals surface area contributed by atoms with Gasteiger partial charge >= 0.3 is 0 Å². The van der Waals surface area contributed by atoms with Gasteiger partial charge in [-0.1, -0.05) is 0 Å². The van der Waals surface area contributed by atoms with Crippen LogP contribution in [0.4, 0.5) is 17.6 Å². The van der Waals surface area contributed by atoms with Crippen molar-refractivity contribution in [3.63, 3.8) is 0 Å². The van der Waals surface area contributed by atoms with E-state index in [1.54, 1.807) is 0 Å². The molecule has 23 heavy (non-hydrogen) atoms. The summed E-state index contributed by atoms with van der Waals surface area (Å²) in [6, 6.07) is 3.97. The predicted molar refractivity (Wildman–Crippen MR) is 90.1 cm³/mol. The number of hydrogen-bond donors (Lipinski definition) is 3. The highest BCUT2D eigenvalue weighted by molar-refractivity contribution is 5.53. The molecule has 3 heterocycles. The summed E-state index contributed by atoms with van der Waals surface area (Å²) >= 11 is 0. The first-order chi connectivity index (χ1) is 11.3. The first kappa shape index (κ1) is 14.4. The first-order valence-electron chi connectivity index (χ1n) is 8.37. The molecule has 1 aliphatic carbocycles. The van der Waals surface area contributed by atoms with Crippen LogP contribution in [0.1, 0.15) is 30.9 Å². The molecule has 7 heteroatoms. The smallest absolute Gasteiger partial charge is 0.227 e. The van der Waals surface area contributed by atoms with Gasteiger partial charge in [-0.25, -0.2) is 4.98 Å². The molecule has 1 saturated heterocycles. The Bertz CT molecular complexity index is 664. The second-order valence-electron chi connectivity index (χ2n) is 6.51. The van der Waals surface area contributed by atoms with Gasteiger partial charge < -0.3 is 15.5 Å². The molecule has 2 aromatic rings. The van der Waals surface area contributed by atoms with Crippen molar-refractivity contribution < 1.29 is 0 Å². The van der Waals surface area contributed by atoms with E-state index in [9.17, 15) is 0 Å². The van der Waals surface area contributed by atoms with E-state index in [1.807, 2.05) is 19.3 Å². The van der Waals surface area contributed by atoms with Gasteiger partial charge in [-0.15, -0.1) is 0 Å². The average molecular weight is 313 g/mol. The van der Waals surface area contributed by atoms with Crippen molar-refractivity contribution in [3.8, 4) is 0 Å². The highest BCUT2D eigenvalue weighted by Crippen LogP contribution is 2.39. The maximum atomic E-state index is 4.64. The minimum Gasteiger partial charge on any atom is -0.340 e. The van der Waals surface area contributed by atoms with E-state index in [-0.39, 0.29) is 0 Å². The zero-order valence-corrected chi connectivity index (χ0v) is 13.4. The summed E-state index contributed by atoms with van der Waals surface area (Å²) < 4.78 is 0. The molecule has 7 nitrogen and oxygen atoms in total. The van der Waals surface area contributed by atoms with E-state index in [1.165, 1.54) is 25.0 Å². The van der Waals surface area contributed by atoms with Crippen molar-refractivity contribution in [3.05, 3.63) is 24.0 Å². The number of aromatic amines is 1. The summed E-state index contributed by atoms with van der Waals surface area (Å²) in [6.07, 6.45) is 5.53. The van der Waals surface area contributed by atoms with Crippen molar-refractivity contribution in [1.29, 1.82) is 0 Å². The number of rotatable bonds is 6. The third-order valence-corrected chi connectivity index (χ3v) is 4.58. The van der Waals surface area contributed by atoms with Crippen LogP contribution in [0, 0.1) is 5.92 Å². The molecule has 0 spiro atoms. The monoisotopic (exact) mass is 313 g/mol. The summed E-state index contributed by atoms with van der Waals surface area (Å²) in [5.74, 6) is 3.76. The van der Waals surface area contributed by atoms with Crippen LogP contribution < -0.4 is 15.5 Å². The molecule has 2 aromatic heterocycles. The van der Waals surface area contributed by atoms with E-state index in [4.69, 9.17) is 0 Å². The van der Waals surface area contributed by atoms with Gasteiger partial charge in [-0.3, -0.25) is 5.10 Å². The van der Waals surface area contributed by atoms with E-state index in [0.717, 1.165) is 37.2 Å².